The summed E-state index contributed by atoms with van der Waals surface area (Å²) in [6.07, 6.45) is 2.23. The zero-order valence-corrected chi connectivity index (χ0v) is 11.3. The average Bonchev–Trinajstić information content (AvgIpc) is 3.15. The van der Waals surface area contributed by atoms with E-state index in [9.17, 15) is 8.78 Å². The van der Waals surface area contributed by atoms with E-state index in [2.05, 4.69) is 0 Å². The Morgan fingerprint density at radius 1 is 1.37 bits per heavy atom. The molecule has 1 aromatic carbocycles. The SMILES string of the molecule is COCCN(c1c(F)cc(N)cc1F)C(C)C1CC1. The number of ether oxygens (including phenoxy) is 1. The lowest BCUT2D eigenvalue weighted by atomic mass is 10.1. The van der Waals surface area contributed by atoms with Crippen LogP contribution in [0.4, 0.5) is 20.2 Å². The molecule has 1 aromatic rings. The lowest BCUT2D eigenvalue weighted by Gasteiger charge is -2.32. The number of methoxy groups -OCH3 is 1. The van der Waals surface area contributed by atoms with Crippen LogP contribution in [0.3, 0.4) is 0 Å². The van der Waals surface area contributed by atoms with Crippen molar-refractivity contribution in [2.75, 3.05) is 30.9 Å². The smallest absolute Gasteiger partial charge is 0.151 e. The predicted octanol–water partition coefficient (Wildman–Crippen LogP) is 2.80. The van der Waals surface area contributed by atoms with Gasteiger partial charge in [-0.2, -0.15) is 0 Å². The highest BCUT2D eigenvalue weighted by Gasteiger charge is 2.34. The molecule has 1 aliphatic rings. The van der Waals surface area contributed by atoms with E-state index >= 15 is 0 Å². The normalized spacial score (nSPS) is 16.4. The van der Waals surface area contributed by atoms with Crippen molar-refractivity contribution >= 4 is 11.4 Å². The number of rotatable bonds is 6. The van der Waals surface area contributed by atoms with Crippen molar-refractivity contribution in [1.82, 2.24) is 0 Å². The lowest BCUT2D eigenvalue weighted by Crippen LogP contribution is -2.38. The van der Waals surface area contributed by atoms with E-state index in [1.807, 2.05) is 6.92 Å². The Hall–Kier alpha value is -1.36. The largest absolute Gasteiger partial charge is 0.399 e. The molecule has 0 aliphatic heterocycles. The molecule has 3 nitrogen and oxygen atoms in total. The van der Waals surface area contributed by atoms with Crippen LogP contribution < -0.4 is 10.6 Å². The number of hydrogen-bond donors (Lipinski definition) is 1. The van der Waals surface area contributed by atoms with Gasteiger partial charge < -0.3 is 15.4 Å². The fourth-order valence-corrected chi connectivity index (χ4v) is 2.40. The molecule has 0 aromatic heterocycles. The van der Waals surface area contributed by atoms with Crippen LogP contribution in [0, 0.1) is 17.6 Å². The summed E-state index contributed by atoms with van der Waals surface area (Å²) in [5.41, 5.74) is 5.56. The maximum Gasteiger partial charge on any atom is 0.151 e. The molecule has 1 aliphatic carbocycles. The van der Waals surface area contributed by atoms with Crippen LogP contribution in [0.25, 0.3) is 0 Å². The highest BCUT2D eigenvalue weighted by Crippen LogP contribution is 2.38. The van der Waals surface area contributed by atoms with Crippen molar-refractivity contribution in [2.45, 2.75) is 25.8 Å². The minimum Gasteiger partial charge on any atom is -0.399 e. The number of anilines is 2. The van der Waals surface area contributed by atoms with Gasteiger partial charge in [0.2, 0.25) is 0 Å². The number of nitrogen functional groups attached to an aromatic ring is 1. The molecule has 106 valence electrons. The van der Waals surface area contributed by atoms with E-state index in [0.717, 1.165) is 25.0 Å². The Morgan fingerprint density at radius 2 is 1.95 bits per heavy atom. The minimum atomic E-state index is -0.610. The number of benzene rings is 1. The summed E-state index contributed by atoms with van der Waals surface area (Å²) in [6.45, 7) is 2.90. The van der Waals surface area contributed by atoms with Gasteiger partial charge in [-0.05, 0) is 37.8 Å². The first-order valence-corrected chi connectivity index (χ1v) is 6.54. The third-order valence-electron chi connectivity index (χ3n) is 3.66. The minimum absolute atomic E-state index is 0.00523. The second kappa shape index (κ2) is 5.74. The Morgan fingerprint density at radius 3 is 2.42 bits per heavy atom. The number of halogens is 2. The molecule has 1 saturated carbocycles. The molecule has 0 heterocycles. The summed E-state index contributed by atoms with van der Waals surface area (Å²) >= 11 is 0. The standard InChI is InChI=1S/C14H20F2N2O/c1-9(10-3-4-10)18(5-6-19-2)14-12(15)7-11(17)8-13(14)16/h7-10H,3-6,17H2,1-2H3. The second-order valence-electron chi connectivity index (χ2n) is 5.10. The maximum atomic E-state index is 14.0. The van der Waals surface area contributed by atoms with Crippen molar-refractivity contribution in [3.05, 3.63) is 23.8 Å². The van der Waals surface area contributed by atoms with E-state index in [1.165, 1.54) is 0 Å². The van der Waals surface area contributed by atoms with Gasteiger partial charge in [0, 0.05) is 25.4 Å². The van der Waals surface area contributed by atoms with Crippen molar-refractivity contribution in [3.8, 4) is 0 Å². The van der Waals surface area contributed by atoms with Crippen molar-refractivity contribution in [2.24, 2.45) is 5.92 Å². The lowest BCUT2D eigenvalue weighted by molar-refractivity contribution is 0.202. The first kappa shape index (κ1) is 14.1. The molecule has 2 rings (SSSR count). The third-order valence-corrected chi connectivity index (χ3v) is 3.66. The maximum absolute atomic E-state index is 14.0. The van der Waals surface area contributed by atoms with Gasteiger partial charge in [0.25, 0.3) is 0 Å². The van der Waals surface area contributed by atoms with Gasteiger partial charge in [-0.15, -0.1) is 0 Å². The monoisotopic (exact) mass is 270 g/mol. The molecule has 0 radical (unpaired) electrons. The molecule has 0 spiro atoms. The Labute approximate surface area is 112 Å². The molecule has 0 saturated heterocycles. The zero-order valence-electron chi connectivity index (χ0n) is 11.3. The molecule has 2 N–H and O–H groups in total. The summed E-state index contributed by atoms with van der Waals surface area (Å²) in [7, 11) is 1.58. The Balaban J connectivity index is 2.31. The van der Waals surface area contributed by atoms with Crippen LogP contribution >= 0.6 is 0 Å². The highest BCUT2D eigenvalue weighted by molar-refractivity contribution is 5.56. The summed E-state index contributed by atoms with van der Waals surface area (Å²) in [4.78, 5) is 1.76. The molecule has 5 heteroatoms. The summed E-state index contributed by atoms with van der Waals surface area (Å²) in [5.74, 6) is -0.713. The van der Waals surface area contributed by atoms with Gasteiger partial charge in [-0.25, -0.2) is 8.78 Å². The van der Waals surface area contributed by atoms with Gasteiger partial charge in [-0.1, -0.05) is 0 Å². The molecule has 0 bridgehead atoms. The van der Waals surface area contributed by atoms with E-state index in [1.54, 1.807) is 12.0 Å². The van der Waals surface area contributed by atoms with Crippen molar-refractivity contribution in [1.29, 1.82) is 0 Å². The van der Waals surface area contributed by atoms with Crippen LogP contribution in [0.1, 0.15) is 19.8 Å². The summed E-state index contributed by atoms with van der Waals surface area (Å²) < 4.78 is 33.1. The predicted molar refractivity (Wildman–Crippen MR) is 72.2 cm³/mol. The molecule has 1 atom stereocenters. The average molecular weight is 270 g/mol. The first-order valence-electron chi connectivity index (χ1n) is 6.54. The van der Waals surface area contributed by atoms with Gasteiger partial charge >= 0.3 is 0 Å². The quantitative estimate of drug-likeness (QED) is 0.808. The van der Waals surface area contributed by atoms with Crippen molar-refractivity contribution in [3.63, 3.8) is 0 Å². The number of nitrogens with two attached hydrogens (primary N) is 1. The van der Waals surface area contributed by atoms with Gasteiger partial charge in [0.15, 0.2) is 11.6 Å². The molecule has 0 amide bonds. The molecule has 1 unspecified atom stereocenters. The van der Waals surface area contributed by atoms with E-state index in [0.29, 0.717) is 19.1 Å². The molecular formula is C14H20F2N2O. The Kier molecular flexibility index (Phi) is 4.24. The third kappa shape index (κ3) is 3.15. The van der Waals surface area contributed by atoms with E-state index in [4.69, 9.17) is 10.5 Å². The van der Waals surface area contributed by atoms with Gasteiger partial charge in [0.1, 0.15) is 5.69 Å². The van der Waals surface area contributed by atoms with Crippen LogP contribution in [-0.2, 0) is 4.74 Å². The van der Waals surface area contributed by atoms with Crippen LogP contribution in [0.5, 0.6) is 0 Å². The van der Waals surface area contributed by atoms with E-state index < -0.39 is 11.6 Å². The topological polar surface area (TPSA) is 38.5 Å². The Bertz CT molecular complexity index is 426. The molecular weight excluding hydrogens is 250 g/mol. The van der Waals surface area contributed by atoms with Crippen LogP contribution in [0.2, 0.25) is 0 Å². The van der Waals surface area contributed by atoms with Crippen LogP contribution in [-0.4, -0.2) is 26.3 Å². The second-order valence-corrected chi connectivity index (χ2v) is 5.10. The van der Waals surface area contributed by atoms with Gasteiger partial charge in [0.05, 0.1) is 6.61 Å². The number of nitrogens with zero attached hydrogens (tertiary/aromatic N) is 1. The zero-order chi connectivity index (χ0) is 14.0. The summed E-state index contributed by atoms with van der Waals surface area (Å²) in [5, 5.41) is 0. The molecule has 1 fully saturated rings. The summed E-state index contributed by atoms with van der Waals surface area (Å²) in [6, 6.07) is 2.43. The number of hydrogen-bond acceptors (Lipinski definition) is 3. The van der Waals surface area contributed by atoms with Crippen LogP contribution in [0.15, 0.2) is 12.1 Å². The first-order chi connectivity index (χ1) is 9.04. The van der Waals surface area contributed by atoms with Gasteiger partial charge in [-0.3, -0.25) is 0 Å². The van der Waals surface area contributed by atoms with E-state index in [-0.39, 0.29) is 17.4 Å². The fraction of sp³-hybridized carbons (Fsp3) is 0.571. The van der Waals surface area contributed by atoms with Crippen molar-refractivity contribution < 1.29 is 13.5 Å². The molecule has 19 heavy (non-hydrogen) atoms. The fourth-order valence-electron chi connectivity index (χ4n) is 2.40. The highest BCUT2D eigenvalue weighted by atomic mass is 19.1.